The Kier molecular flexibility index (Phi) is 7.06. The van der Waals surface area contributed by atoms with Crippen LogP contribution in [0.15, 0.2) is 72.3 Å². The van der Waals surface area contributed by atoms with Crippen molar-refractivity contribution in [2.45, 2.75) is 6.92 Å². The molecule has 2 aromatic carbocycles. The fraction of sp³-hybridized carbons (Fsp3) is 0.158. The first-order chi connectivity index (χ1) is 12.1. The van der Waals surface area contributed by atoms with Crippen molar-refractivity contribution in [1.29, 1.82) is 0 Å². The van der Waals surface area contributed by atoms with Gasteiger partial charge in [0.25, 0.3) is 0 Å². The number of anilines is 2. The van der Waals surface area contributed by atoms with Crippen molar-refractivity contribution in [2.75, 3.05) is 23.8 Å². The molecule has 25 heavy (non-hydrogen) atoms. The molecule has 0 aliphatic heterocycles. The van der Waals surface area contributed by atoms with Gasteiger partial charge < -0.3 is 9.47 Å². The number of hydrogen-bond acceptors (Lipinski definition) is 4. The van der Waals surface area contributed by atoms with Gasteiger partial charge in [-0.25, -0.2) is 9.59 Å². The molecule has 0 spiro atoms. The van der Waals surface area contributed by atoms with Gasteiger partial charge >= 0.3 is 12.2 Å². The average Bonchev–Trinajstić information content (AvgIpc) is 2.62. The maximum atomic E-state index is 11.6. The number of nitrogens with one attached hydrogen (secondary N) is 2. The van der Waals surface area contributed by atoms with Gasteiger partial charge in [-0.15, -0.1) is 0 Å². The summed E-state index contributed by atoms with van der Waals surface area (Å²) in [5.41, 5.74) is 2.10. The van der Waals surface area contributed by atoms with Gasteiger partial charge in [0, 0.05) is 11.4 Å². The fourth-order valence-electron chi connectivity index (χ4n) is 1.85. The van der Waals surface area contributed by atoms with Crippen LogP contribution in [-0.4, -0.2) is 25.4 Å². The van der Waals surface area contributed by atoms with Crippen molar-refractivity contribution in [3.63, 3.8) is 0 Å². The van der Waals surface area contributed by atoms with Crippen molar-refractivity contribution in [3.8, 4) is 0 Å². The Hall–Kier alpha value is -3.28. The van der Waals surface area contributed by atoms with Crippen LogP contribution in [0, 0.1) is 0 Å². The Labute approximate surface area is 146 Å². The zero-order valence-corrected chi connectivity index (χ0v) is 13.9. The molecule has 0 heterocycles. The molecule has 2 amide bonds. The molecule has 2 aromatic rings. The average molecular weight is 340 g/mol. The van der Waals surface area contributed by atoms with E-state index in [1.165, 1.54) is 0 Å². The summed E-state index contributed by atoms with van der Waals surface area (Å²) < 4.78 is 10.1. The van der Waals surface area contributed by atoms with E-state index in [4.69, 9.17) is 9.47 Å². The minimum absolute atomic E-state index is 0.0914. The minimum Gasteiger partial charge on any atom is -0.445 e. The lowest BCUT2D eigenvalue weighted by atomic mass is 10.3. The van der Waals surface area contributed by atoms with Gasteiger partial charge in [0.05, 0.1) is 0 Å². The maximum Gasteiger partial charge on any atom is 0.411 e. The first-order valence-electron chi connectivity index (χ1n) is 7.77. The molecule has 0 saturated heterocycles. The number of rotatable bonds is 6. The van der Waals surface area contributed by atoms with Crippen LogP contribution >= 0.6 is 0 Å². The van der Waals surface area contributed by atoms with E-state index >= 15 is 0 Å². The van der Waals surface area contributed by atoms with Crippen LogP contribution in [0.5, 0.6) is 0 Å². The lowest BCUT2D eigenvalue weighted by molar-refractivity contribution is 0.167. The van der Waals surface area contributed by atoms with Crippen LogP contribution in [0.25, 0.3) is 0 Å². The van der Waals surface area contributed by atoms with Crippen LogP contribution in [0.3, 0.4) is 0 Å². The summed E-state index contributed by atoms with van der Waals surface area (Å²) >= 11 is 0. The number of para-hydroxylation sites is 2. The summed E-state index contributed by atoms with van der Waals surface area (Å²) in [7, 11) is 0. The largest absolute Gasteiger partial charge is 0.445 e. The molecule has 0 unspecified atom stereocenters. The van der Waals surface area contributed by atoms with Gasteiger partial charge in [-0.3, -0.25) is 10.6 Å². The molecule has 130 valence electrons. The Bertz CT molecular complexity index is 715. The summed E-state index contributed by atoms with van der Waals surface area (Å²) in [6.07, 6.45) is 0.597. The molecule has 2 N–H and O–H groups in total. The first kappa shape index (κ1) is 18.1. The topological polar surface area (TPSA) is 76.7 Å². The standard InChI is InChI=1S/C19H20N2O4/c1-15(14-25-19(23)21-17-10-6-3-7-11-17)12-13-24-18(22)20-16-8-4-2-5-9-16/h2-12H,13-14H2,1H3,(H,20,22)(H,21,23). The van der Waals surface area contributed by atoms with E-state index < -0.39 is 12.2 Å². The predicted octanol–water partition coefficient (Wildman–Crippen LogP) is 4.43. The van der Waals surface area contributed by atoms with Crippen LogP contribution in [0.1, 0.15) is 6.92 Å². The van der Waals surface area contributed by atoms with Crippen molar-refractivity contribution < 1.29 is 19.1 Å². The molecule has 6 heteroatoms. The van der Waals surface area contributed by atoms with E-state index in [1.54, 1.807) is 37.3 Å². The molecular weight excluding hydrogens is 320 g/mol. The minimum atomic E-state index is -0.544. The highest BCUT2D eigenvalue weighted by Crippen LogP contribution is 2.07. The monoisotopic (exact) mass is 340 g/mol. The van der Waals surface area contributed by atoms with Gasteiger partial charge in [-0.1, -0.05) is 36.4 Å². The van der Waals surface area contributed by atoms with Crippen molar-refractivity contribution in [1.82, 2.24) is 0 Å². The van der Waals surface area contributed by atoms with Crippen molar-refractivity contribution in [3.05, 3.63) is 72.3 Å². The third kappa shape index (κ3) is 7.22. The van der Waals surface area contributed by atoms with Crippen LogP contribution < -0.4 is 10.6 Å². The van der Waals surface area contributed by atoms with Gasteiger partial charge in [-0.2, -0.15) is 0 Å². The highest BCUT2D eigenvalue weighted by atomic mass is 16.6. The SMILES string of the molecule is CC(=CCOC(=O)Nc1ccccc1)COC(=O)Nc1ccccc1. The highest BCUT2D eigenvalue weighted by Gasteiger charge is 2.04. The Morgan fingerprint density at radius 1 is 0.840 bits per heavy atom. The zero-order valence-electron chi connectivity index (χ0n) is 13.9. The summed E-state index contributed by atoms with van der Waals surface area (Å²) in [5.74, 6) is 0. The number of benzene rings is 2. The number of amides is 2. The molecule has 0 radical (unpaired) electrons. The Balaban J connectivity index is 1.65. The van der Waals surface area contributed by atoms with Gasteiger partial charge in [0.1, 0.15) is 13.2 Å². The molecular formula is C19H20N2O4. The van der Waals surface area contributed by atoms with Gasteiger partial charge in [0.15, 0.2) is 0 Å². The molecule has 0 atom stereocenters. The van der Waals surface area contributed by atoms with Crippen molar-refractivity contribution >= 4 is 23.6 Å². The van der Waals surface area contributed by atoms with Crippen LogP contribution in [0.4, 0.5) is 21.0 Å². The maximum absolute atomic E-state index is 11.6. The molecule has 0 aliphatic carbocycles. The van der Waals surface area contributed by atoms with E-state index in [0.717, 1.165) is 5.57 Å². The molecule has 2 rings (SSSR count). The first-order valence-corrected chi connectivity index (χ1v) is 7.77. The lowest BCUT2D eigenvalue weighted by Crippen LogP contribution is -2.15. The van der Waals surface area contributed by atoms with E-state index in [1.807, 2.05) is 36.4 Å². The normalized spacial score (nSPS) is 10.7. The van der Waals surface area contributed by atoms with E-state index in [2.05, 4.69) is 10.6 Å². The summed E-state index contributed by atoms with van der Waals surface area (Å²) in [6, 6.07) is 18.1. The summed E-state index contributed by atoms with van der Waals surface area (Å²) in [6.45, 7) is 1.99. The molecule has 0 aromatic heterocycles. The Morgan fingerprint density at radius 2 is 1.32 bits per heavy atom. The zero-order chi connectivity index (χ0) is 17.9. The summed E-state index contributed by atoms with van der Waals surface area (Å²) in [4.78, 5) is 23.3. The molecule has 0 saturated carbocycles. The van der Waals surface area contributed by atoms with Crippen LogP contribution in [0.2, 0.25) is 0 Å². The third-order valence-electron chi connectivity index (χ3n) is 3.12. The second kappa shape index (κ2) is 9.77. The number of ether oxygens (including phenoxy) is 2. The van der Waals surface area contributed by atoms with E-state index in [9.17, 15) is 9.59 Å². The second-order valence-electron chi connectivity index (χ2n) is 5.21. The Morgan fingerprint density at radius 3 is 1.84 bits per heavy atom. The van der Waals surface area contributed by atoms with E-state index in [0.29, 0.717) is 11.4 Å². The summed E-state index contributed by atoms with van der Waals surface area (Å²) in [5, 5.41) is 5.22. The number of carbonyl (C=O) groups excluding carboxylic acids is 2. The lowest BCUT2D eigenvalue weighted by Gasteiger charge is -2.08. The third-order valence-corrected chi connectivity index (χ3v) is 3.12. The molecule has 6 nitrogen and oxygen atoms in total. The molecule has 0 bridgehead atoms. The van der Waals surface area contributed by atoms with Crippen LogP contribution in [-0.2, 0) is 9.47 Å². The molecule has 0 fully saturated rings. The van der Waals surface area contributed by atoms with E-state index in [-0.39, 0.29) is 13.2 Å². The van der Waals surface area contributed by atoms with Gasteiger partial charge in [-0.05, 0) is 42.8 Å². The molecule has 0 aliphatic rings. The predicted molar refractivity (Wildman–Crippen MR) is 96.6 cm³/mol. The van der Waals surface area contributed by atoms with Crippen molar-refractivity contribution in [2.24, 2.45) is 0 Å². The van der Waals surface area contributed by atoms with Gasteiger partial charge in [0.2, 0.25) is 0 Å². The highest BCUT2D eigenvalue weighted by molar-refractivity contribution is 5.85. The fourth-order valence-corrected chi connectivity index (χ4v) is 1.85. The quantitative estimate of drug-likeness (QED) is 0.763. The number of carbonyl (C=O) groups is 2. The second-order valence-corrected chi connectivity index (χ2v) is 5.21. The number of hydrogen-bond donors (Lipinski definition) is 2. The smallest absolute Gasteiger partial charge is 0.411 e.